The van der Waals surface area contributed by atoms with Crippen LogP contribution in [0.4, 0.5) is 4.39 Å². The molecule has 2 aliphatic rings. The van der Waals surface area contributed by atoms with E-state index in [9.17, 15) is 28.7 Å². The summed E-state index contributed by atoms with van der Waals surface area (Å²) in [6, 6.07) is 18.8. The molecule has 16 nitrogen and oxygen atoms in total. The van der Waals surface area contributed by atoms with Crippen LogP contribution in [0.15, 0.2) is 72.4 Å². The molecule has 0 spiro atoms. The van der Waals surface area contributed by atoms with E-state index in [2.05, 4.69) is 56.5 Å². The van der Waals surface area contributed by atoms with Crippen LogP contribution >= 0.6 is 11.3 Å². The fourth-order valence-corrected chi connectivity index (χ4v) is 11.5. The van der Waals surface area contributed by atoms with Gasteiger partial charge in [-0.1, -0.05) is 74.5 Å². The molecule has 6 aromatic rings. The minimum Gasteiger partial charge on any atom is -0.391 e. The molecule has 8 rings (SSSR count). The highest BCUT2D eigenvalue weighted by atomic mass is 32.1. The monoisotopic (exact) mass is 1100 g/mol. The molecule has 1 aliphatic carbocycles. The lowest BCUT2D eigenvalue weighted by atomic mass is 9.76. The van der Waals surface area contributed by atoms with Gasteiger partial charge in [0.05, 0.1) is 93.3 Å². The summed E-state index contributed by atoms with van der Waals surface area (Å²) in [5.74, 6) is -1.48. The Morgan fingerprint density at radius 2 is 1.56 bits per heavy atom. The number of hydrogen-bond acceptors (Lipinski definition) is 14. The molecular formula is C61H78FN7O9S. The number of Topliss-reactive ketones (excluding diaryl/α,β-unsaturated/α-hetero) is 3. The lowest BCUT2D eigenvalue weighted by Gasteiger charge is -2.34. The lowest BCUT2D eigenvalue weighted by Crippen LogP contribution is -2.47. The van der Waals surface area contributed by atoms with Crippen molar-refractivity contribution in [2.24, 2.45) is 11.3 Å². The number of unbranched alkanes of at least 4 members (excludes halogenated alkanes) is 1. The highest BCUT2D eigenvalue weighted by molar-refractivity contribution is 7.13. The standard InChI is InChI=1S/C61H78FN7O9S/c1-41-59(79-40-63-41)45-19-12-42(13-20-45)16-21-56(73)54-36-49(71)39-69(54)60(74)52(61(2,3)4)35-48(70)22-25-75-27-29-77-31-32-78-30-28-76-26-24-68-38-47(65-66-68)9-6-7-23-67(5)37-43-14-17-44(18-15-43)58-50-10-8-11-55(72)51-33-46(62)34-53(64-58)57(50)51/h12-15,17-20,33-34,38,40,49,52,54,64,71H,6-11,16,21-32,35-37,39H2,1-5H3/t49-,52-,54+/m1/s1. The number of benzene rings is 3. The molecular weight excluding hydrogens is 1030 g/mol. The maximum absolute atomic E-state index is 14.4. The number of H-pyrrole nitrogens is 1. The Bertz CT molecular complexity index is 2970. The number of aliphatic hydroxyl groups is 1. The number of ketones is 3. The fourth-order valence-electron chi connectivity index (χ4n) is 10.7. The van der Waals surface area contributed by atoms with Gasteiger partial charge < -0.3 is 38.8 Å². The van der Waals surface area contributed by atoms with Crippen LogP contribution in [-0.2, 0) is 65.7 Å². The van der Waals surface area contributed by atoms with E-state index in [0.717, 1.165) is 94.8 Å². The Hall–Kier alpha value is -5.86. The average molecular weight is 1100 g/mol. The molecule has 79 heavy (non-hydrogen) atoms. The summed E-state index contributed by atoms with van der Waals surface area (Å²) in [7, 11) is 2.13. The van der Waals surface area contributed by atoms with E-state index >= 15 is 0 Å². The van der Waals surface area contributed by atoms with Crippen molar-refractivity contribution in [2.75, 3.05) is 73.0 Å². The third-order valence-electron chi connectivity index (χ3n) is 15.0. The number of nitrogens with one attached hydrogen (secondary N) is 1. The van der Waals surface area contributed by atoms with Gasteiger partial charge in [0.2, 0.25) is 5.91 Å². The Morgan fingerprint density at radius 3 is 2.25 bits per heavy atom. The van der Waals surface area contributed by atoms with E-state index in [0.29, 0.717) is 76.7 Å². The van der Waals surface area contributed by atoms with Crippen LogP contribution in [0.3, 0.4) is 0 Å². The van der Waals surface area contributed by atoms with Crippen LogP contribution < -0.4 is 0 Å². The number of aliphatic hydroxyl groups excluding tert-OH is 1. The van der Waals surface area contributed by atoms with Crippen LogP contribution in [0, 0.1) is 24.1 Å². The third kappa shape index (κ3) is 16.6. The summed E-state index contributed by atoms with van der Waals surface area (Å²) in [6.07, 6.45) is 7.19. The molecule has 3 aromatic heterocycles. The van der Waals surface area contributed by atoms with Gasteiger partial charge in [-0.3, -0.25) is 19.2 Å². The second-order valence-electron chi connectivity index (χ2n) is 22.2. The number of ether oxygens (including phenoxy) is 4. The SMILES string of the molecule is Cc1ncsc1-c1ccc(CCC(=O)[C@@H]2C[C@@H](O)CN2C(=O)[C@@H](CC(=O)CCOCCOCCOCCOCCn2cc(CCCCN(C)Cc3ccc(-c4[nH]c5cc(F)cc6c5c4CCCC6=O)cc3)nn2)C(C)(C)C)cc1. The van der Waals surface area contributed by atoms with E-state index in [4.69, 9.17) is 18.9 Å². The number of thiazole rings is 1. The first-order chi connectivity index (χ1) is 38.1. The van der Waals surface area contributed by atoms with Crippen LogP contribution in [0.5, 0.6) is 0 Å². The summed E-state index contributed by atoms with van der Waals surface area (Å²) in [6.45, 7) is 13.2. The predicted octanol–water partition coefficient (Wildman–Crippen LogP) is 9.21. The topological polar surface area (TPSA) is 191 Å². The van der Waals surface area contributed by atoms with Gasteiger partial charge in [-0.25, -0.2) is 14.1 Å². The van der Waals surface area contributed by atoms with Crippen molar-refractivity contribution in [2.45, 2.75) is 124 Å². The van der Waals surface area contributed by atoms with E-state index in [1.54, 1.807) is 16.0 Å². The van der Waals surface area contributed by atoms with Gasteiger partial charge in [-0.15, -0.1) is 16.4 Å². The van der Waals surface area contributed by atoms with Gasteiger partial charge in [0.1, 0.15) is 11.6 Å². The molecule has 3 aromatic carbocycles. The Labute approximate surface area is 467 Å². The molecule has 18 heteroatoms. The first-order valence-corrected chi connectivity index (χ1v) is 28.9. The zero-order valence-corrected chi connectivity index (χ0v) is 47.4. The summed E-state index contributed by atoms with van der Waals surface area (Å²) in [5, 5.41) is 20.1. The molecule has 0 radical (unpaired) electrons. The number of aromatic nitrogens is 5. The normalized spacial score (nSPS) is 16.1. The molecule has 0 unspecified atom stereocenters. The van der Waals surface area contributed by atoms with Crippen LogP contribution in [0.1, 0.15) is 111 Å². The number of rotatable bonds is 31. The van der Waals surface area contributed by atoms with Gasteiger partial charge in [-0.05, 0) is 104 Å². The smallest absolute Gasteiger partial charge is 0.227 e. The van der Waals surface area contributed by atoms with Gasteiger partial charge >= 0.3 is 0 Å². The molecule has 2 N–H and O–H groups in total. The number of carbonyl (C=O) groups excluding carboxylic acids is 4. The molecule has 0 bridgehead atoms. The maximum atomic E-state index is 14.4. The van der Waals surface area contributed by atoms with Crippen molar-refractivity contribution in [3.8, 4) is 21.7 Å². The highest BCUT2D eigenvalue weighted by Crippen LogP contribution is 2.38. The number of halogens is 1. The molecule has 1 amide bonds. The van der Waals surface area contributed by atoms with Gasteiger partial charge in [0.25, 0.3) is 0 Å². The number of likely N-dealkylation sites (tertiary alicyclic amines) is 1. The summed E-state index contributed by atoms with van der Waals surface area (Å²) >= 11 is 1.59. The van der Waals surface area contributed by atoms with Crippen molar-refractivity contribution in [3.05, 3.63) is 112 Å². The second kappa shape index (κ2) is 28.5. The Morgan fingerprint density at radius 1 is 0.873 bits per heavy atom. The largest absolute Gasteiger partial charge is 0.391 e. The van der Waals surface area contributed by atoms with Crippen molar-refractivity contribution < 1.29 is 47.6 Å². The minimum absolute atomic E-state index is 0.00765. The number of aromatic amines is 1. The van der Waals surface area contributed by atoms with Crippen LogP contribution in [-0.4, -0.2) is 148 Å². The second-order valence-corrected chi connectivity index (χ2v) is 23.0. The summed E-state index contributed by atoms with van der Waals surface area (Å²) in [5.41, 5.74) is 10.8. The van der Waals surface area contributed by atoms with Crippen LogP contribution in [0.25, 0.3) is 32.6 Å². The molecule has 1 saturated heterocycles. The third-order valence-corrected chi connectivity index (χ3v) is 16.0. The van der Waals surface area contributed by atoms with E-state index in [1.165, 1.54) is 22.6 Å². The quantitative estimate of drug-likeness (QED) is 0.0392. The number of aryl methyl sites for hydroxylation is 4. The zero-order chi connectivity index (χ0) is 55.9. The average Bonchev–Trinajstić information content (AvgIpc) is 4.39. The van der Waals surface area contributed by atoms with Crippen molar-refractivity contribution in [1.29, 1.82) is 0 Å². The van der Waals surface area contributed by atoms with Gasteiger partial charge in [0.15, 0.2) is 11.6 Å². The van der Waals surface area contributed by atoms with Gasteiger partial charge in [-0.2, -0.15) is 0 Å². The highest BCUT2D eigenvalue weighted by Gasteiger charge is 2.44. The number of β-amino-alcohol motifs (C(OH)–C–C–N with tert-alkyl or cyclic N) is 1. The van der Waals surface area contributed by atoms with Crippen molar-refractivity contribution in [1.82, 2.24) is 34.8 Å². The van der Waals surface area contributed by atoms with Gasteiger partial charge in [0, 0.05) is 79.5 Å². The van der Waals surface area contributed by atoms with Crippen LogP contribution in [0.2, 0.25) is 0 Å². The number of carbonyl (C=O) groups is 4. The number of nitrogens with zero attached hydrogens (tertiary/aromatic N) is 6. The number of hydrogen-bond donors (Lipinski definition) is 2. The number of amides is 1. The van der Waals surface area contributed by atoms with E-state index in [-0.39, 0.29) is 62.1 Å². The molecule has 424 valence electrons. The fraction of sp³-hybridized carbons (Fsp3) is 0.525. The first-order valence-electron chi connectivity index (χ1n) is 28.0. The lowest BCUT2D eigenvalue weighted by molar-refractivity contribution is -0.146. The Kier molecular flexibility index (Phi) is 21.4. The van der Waals surface area contributed by atoms with Crippen molar-refractivity contribution in [3.63, 3.8) is 0 Å². The predicted molar refractivity (Wildman–Crippen MR) is 302 cm³/mol. The molecule has 1 fully saturated rings. The summed E-state index contributed by atoms with van der Waals surface area (Å²) in [4.78, 5) is 66.2. The molecule has 1 aliphatic heterocycles. The molecule has 4 heterocycles. The van der Waals surface area contributed by atoms with E-state index < -0.39 is 29.3 Å². The molecule has 3 atom stereocenters. The maximum Gasteiger partial charge on any atom is 0.227 e. The minimum atomic E-state index is -0.795. The first kappa shape index (κ1) is 59.3. The summed E-state index contributed by atoms with van der Waals surface area (Å²) < 4.78 is 38.9. The zero-order valence-electron chi connectivity index (χ0n) is 46.6. The molecule has 0 saturated carbocycles. The Balaban J connectivity index is 0.623. The van der Waals surface area contributed by atoms with Crippen molar-refractivity contribution >= 4 is 45.5 Å². The van der Waals surface area contributed by atoms with E-state index in [1.807, 2.05) is 63.7 Å².